The average Bonchev–Trinajstić information content (AvgIpc) is 3.24. The summed E-state index contributed by atoms with van der Waals surface area (Å²) in [4.78, 5) is 24.4. The standard InChI is InChI=1S/C18H20N6O2/c1-12-10-19-24(11-12)13(2)17(25)20-14-4-6-15(7-5-14)21-18(26)16-8-9-23(3)22-16/h4-11,13H,1-3H3,(H,20,25)(H,21,26). The summed E-state index contributed by atoms with van der Waals surface area (Å²) < 4.78 is 3.18. The van der Waals surface area contributed by atoms with Crippen LogP contribution in [0.3, 0.4) is 0 Å². The Bertz CT molecular complexity index is 925. The van der Waals surface area contributed by atoms with Crippen LogP contribution < -0.4 is 10.6 Å². The number of aryl methyl sites for hydroxylation is 2. The molecule has 0 fully saturated rings. The lowest BCUT2D eigenvalue weighted by molar-refractivity contribution is -0.119. The third-order valence-electron chi connectivity index (χ3n) is 3.86. The van der Waals surface area contributed by atoms with Crippen LogP contribution >= 0.6 is 0 Å². The van der Waals surface area contributed by atoms with E-state index in [0.717, 1.165) is 5.56 Å². The molecule has 8 nitrogen and oxygen atoms in total. The van der Waals surface area contributed by atoms with E-state index < -0.39 is 6.04 Å². The highest BCUT2D eigenvalue weighted by Crippen LogP contribution is 2.16. The lowest BCUT2D eigenvalue weighted by Gasteiger charge is -2.13. The largest absolute Gasteiger partial charge is 0.324 e. The van der Waals surface area contributed by atoms with Crippen molar-refractivity contribution in [2.24, 2.45) is 7.05 Å². The highest BCUT2D eigenvalue weighted by Gasteiger charge is 2.16. The summed E-state index contributed by atoms with van der Waals surface area (Å²) >= 11 is 0. The smallest absolute Gasteiger partial charge is 0.276 e. The van der Waals surface area contributed by atoms with E-state index in [0.29, 0.717) is 17.1 Å². The van der Waals surface area contributed by atoms with Crippen LogP contribution in [0.2, 0.25) is 0 Å². The summed E-state index contributed by atoms with van der Waals surface area (Å²) in [5.41, 5.74) is 2.60. The zero-order valence-corrected chi connectivity index (χ0v) is 14.8. The molecule has 1 atom stereocenters. The van der Waals surface area contributed by atoms with E-state index in [9.17, 15) is 9.59 Å². The van der Waals surface area contributed by atoms with Crippen molar-refractivity contribution in [2.75, 3.05) is 10.6 Å². The van der Waals surface area contributed by atoms with Crippen LogP contribution in [-0.4, -0.2) is 31.4 Å². The predicted octanol–water partition coefficient (Wildman–Crippen LogP) is 2.38. The van der Waals surface area contributed by atoms with Gasteiger partial charge in [-0.05, 0) is 49.7 Å². The van der Waals surface area contributed by atoms with E-state index >= 15 is 0 Å². The fourth-order valence-electron chi connectivity index (χ4n) is 2.38. The monoisotopic (exact) mass is 352 g/mol. The molecule has 2 heterocycles. The lowest BCUT2D eigenvalue weighted by Crippen LogP contribution is -2.24. The molecule has 0 radical (unpaired) electrons. The third-order valence-corrected chi connectivity index (χ3v) is 3.86. The van der Waals surface area contributed by atoms with Gasteiger partial charge >= 0.3 is 0 Å². The fourth-order valence-corrected chi connectivity index (χ4v) is 2.38. The first-order chi connectivity index (χ1) is 12.4. The number of nitrogens with zero attached hydrogens (tertiary/aromatic N) is 4. The number of rotatable bonds is 5. The second-order valence-corrected chi connectivity index (χ2v) is 6.07. The van der Waals surface area contributed by atoms with Crippen LogP contribution in [0, 0.1) is 6.92 Å². The molecular formula is C18H20N6O2. The molecule has 1 aromatic carbocycles. The van der Waals surface area contributed by atoms with Crippen molar-refractivity contribution >= 4 is 23.2 Å². The molecule has 1 unspecified atom stereocenters. The summed E-state index contributed by atoms with van der Waals surface area (Å²) in [5, 5.41) is 13.8. The Morgan fingerprint density at radius 3 is 2.27 bits per heavy atom. The van der Waals surface area contributed by atoms with E-state index in [1.54, 1.807) is 66.1 Å². The Kier molecular flexibility index (Phi) is 4.83. The number of amides is 2. The summed E-state index contributed by atoms with van der Waals surface area (Å²) in [6.45, 7) is 3.70. The molecule has 3 aromatic rings. The number of hydrogen-bond donors (Lipinski definition) is 2. The van der Waals surface area contributed by atoms with Crippen molar-refractivity contribution in [1.82, 2.24) is 19.6 Å². The molecule has 26 heavy (non-hydrogen) atoms. The van der Waals surface area contributed by atoms with Crippen molar-refractivity contribution in [3.63, 3.8) is 0 Å². The Labute approximate surface area is 150 Å². The van der Waals surface area contributed by atoms with E-state index in [-0.39, 0.29) is 11.8 Å². The zero-order valence-electron chi connectivity index (χ0n) is 14.8. The molecule has 0 bridgehead atoms. The van der Waals surface area contributed by atoms with E-state index in [1.807, 2.05) is 13.1 Å². The van der Waals surface area contributed by atoms with Gasteiger partial charge in [0.25, 0.3) is 5.91 Å². The first-order valence-electron chi connectivity index (χ1n) is 8.15. The molecule has 8 heteroatoms. The van der Waals surface area contributed by atoms with Gasteiger partial charge in [0.1, 0.15) is 6.04 Å². The summed E-state index contributed by atoms with van der Waals surface area (Å²) in [7, 11) is 1.75. The summed E-state index contributed by atoms with van der Waals surface area (Å²) in [6.07, 6.45) is 5.24. The third kappa shape index (κ3) is 3.97. The molecule has 134 valence electrons. The number of benzene rings is 1. The molecule has 0 saturated heterocycles. The van der Waals surface area contributed by atoms with Gasteiger partial charge in [0.15, 0.2) is 5.69 Å². The molecule has 0 spiro atoms. The van der Waals surface area contributed by atoms with Crippen molar-refractivity contribution in [3.05, 3.63) is 60.2 Å². The van der Waals surface area contributed by atoms with Crippen LogP contribution in [0.1, 0.15) is 29.0 Å². The van der Waals surface area contributed by atoms with Gasteiger partial charge in [-0.25, -0.2) is 0 Å². The molecule has 3 rings (SSSR count). The Balaban J connectivity index is 1.60. The van der Waals surface area contributed by atoms with E-state index in [1.165, 1.54) is 0 Å². The quantitative estimate of drug-likeness (QED) is 0.737. The van der Waals surface area contributed by atoms with Gasteiger partial charge in [-0.3, -0.25) is 19.0 Å². The van der Waals surface area contributed by atoms with Crippen LogP contribution in [0.15, 0.2) is 48.9 Å². The van der Waals surface area contributed by atoms with Gasteiger partial charge < -0.3 is 10.6 Å². The first-order valence-corrected chi connectivity index (χ1v) is 8.15. The van der Waals surface area contributed by atoms with Gasteiger partial charge in [0.05, 0.1) is 6.20 Å². The molecule has 0 aliphatic rings. The topological polar surface area (TPSA) is 93.8 Å². The number of aromatic nitrogens is 4. The minimum Gasteiger partial charge on any atom is -0.324 e. The number of carbonyl (C=O) groups excluding carboxylic acids is 2. The van der Waals surface area contributed by atoms with Gasteiger partial charge in [-0.15, -0.1) is 0 Å². The SMILES string of the molecule is Cc1cnn(C(C)C(=O)Nc2ccc(NC(=O)c3ccn(C)n3)cc2)c1. The Morgan fingerprint density at radius 2 is 1.73 bits per heavy atom. The summed E-state index contributed by atoms with van der Waals surface area (Å²) in [5.74, 6) is -0.455. The highest BCUT2D eigenvalue weighted by molar-refractivity contribution is 6.03. The van der Waals surface area contributed by atoms with Crippen LogP contribution in [0.5, 0.6) is 0 Å². The number of hydrogen-bond acceptors (Lipinski definition) is 4. The molecular weight excluding hydrogens is 332 g/mol. The van der Waals surface area contributed by atoms with Gasteiger partial charge in [0.2, 0.25) is 5.91 Å². The summed E-state index contributed by atoms with van der Waals surface area (Å²) in [6, 6.07) is 8.12. The molecule has 0 aliphatic heterocycles. The predicted molar refractivity (Wildman–Crippen MR) is 97.9 cm³/mol. The van der Waals surface area contributed by atoms with Gasteiger partial charge in [0, 0.05) is 30.8 Å². The minimum absolute atomic E-state index is 0.168. The van der Waals surface area contributed by atoms with Crippen molar-refractivity contribution in [2.45, 2.75) is 19.9 Å². The van der Waals surface area contributed by atoms with Crippen LogP contribution in [0.25, 0.3) is 0 Å². The maximum atomic E-state index is 12.3. The lowest BCUT2D eigenvalue weighted by atomic mass is 10.2. The fraction of sp³-hybridized carbons (Fsp3) is 0.222. The van der Waals surface area contributed by atoms with Gasteiger partial charge in [-0.2, -0.15) is 10.2 Å². The van der Waals surface area contributed by atoms with Gasteiger partial charge in [-0.1, -0.05) is 0 Å². The highest BCUT2D eigenvalue weighted by atomic mass is 16.2. The minimum atomic E-state index is -0.424. The Morgan fingerprint density at radius 1 is 1.08 bits per heavy atom. The molecule has 2 aromatic heterocycles. The normalized spacial score (nSPS) is 11.8. The van der Waals surface area contributed by atoms with Crippen molar-refractivity contribution in [3.8, 4) is 0 Å². The number of anilines is 2. The van der Waals surface area contributed by atoms with Crippen LogP contribution in [0.4, 0.5) is 11.4 Å². The maximum Gasteiger partial charge on any atom is 0.276 e. The zero-order chi connectivity index (χ0) is 18.7. The first kappa shape index (κ1) is 17.4. The maximum absolute atomic E-state index is 12.3. The number of nitrogens with one attached hydrogen (secondary N) is 2. The van der Waals surface area contributed by atoms with Crippen molar-refractivity contribution < 1.29 is 9.59 Å². The second-order valence-electron chi connectivity index (χ2n) is 6.07. The number of carbonyl (C=O) groups is 2. The molecule has 0 aliphatic carbocycles. The van der Waals surface area contributed by atoms with E-state index in [2.05, 4.69) is 20.8 Å². The van der Waals surface area contributed by atoms with Crippen molar-refractivity contribution in [1.29, 1.82) is 0 Å². The molecule has 2 amide bonds. The Hall–Kier alpha value is -3.42. The van der Waals surface area contributed by atoms with E-state index in [4.69, 9.17) is 0 Å². The molecule has 0 saturated carbocycles. The van der Waals surface area contributed by atoms with Crippen LogP contribution in [-0.2, 0) is 11.8 Å². The average molecular weight is 352 g/mol. The second kappa shape index (κ2) is 7.22. The molecule has 2 N–H and O–H groups in total.